The molecular formula is C26H20O4. The van der Waals surface area contributed by atoms with Crippen LogP contribution in [0.25, 0.3) is 0 Å². The van der Waals surface area contributed by atoms with Crippen LogP contribution in [0.4, 0.5) is 0 Å². The number of carbonyl (C=O) groups excluding carboxylic acids is 2. The van der Waals surface area contributed by atoms with Gasteiger partial charge in [-0.25, -0.2) is 4.79 Å². The van der Waals surface area contributed by atoms with Gasteiger partial charge in [-0.05, 0) is 24.3 Å². The molecular weight excluding hydrogens is 376 g/mol. The third kappa shape index (κ3) is 5.66. The Morgan fingerprint density at radius 2 is 1.00 bits per heavy atom. The van der Waals surface area contributed by atoms with E-state index >= 15 is 0 Å². The van der Waals surface area contributed by atoms with Crippen LogP contribution in [0.2, 0.25) is 0 Å². The minimum atomic E-state index is -0.565. The zero-order chi connectivity index (χ0) is 21.2. The van der Waals surface area contributed by atoms with Crippen LogP contribution in [-0.2, 0) is 0 Å². The van der Waals surface area contributed by atoms with Crippen molar-refractivity contribution in [3.05, 3.63) is 132 Å². The summed E-state index contributed by atoms with van der Waals surface area (Å²) in [5, 5.41) is 9.46. The Hall–Kier alpha value is -4.18. The molecule has 148 valence electrons. The van der Waals surface area contributed by atoms with Crippen LogP contribution in [0.1, 0.15) is 26.3 Å². The molecule has 4 rings (SSSR count). The molecule has 0 amide bonds. The van der Waals surface area contributed by atoms with Crippen molar-refractivity contribution in [2.24, 2.45) is 0 Å². The second-order valence-corrected chi connectivity index (χ2v) is 6.28. The van der Waals surface area contributed by atoms with Crippen molar-refractivity contribution in [3.63, 3.8) is 0 Å². The first kappa shape index (κ1) is 20.6. The minimum absolute atomic E-state index is 0.0752. The number of para-hydroxylation sites is 2. The van der Waals surface area contributed by atoms with Crippen molar-refractivity contribution < 1.29 is 19.4 Å². The standard InChI is InChI=1S/C13H10O3.C13H10O/c14-12-9-5-4-8-11(12)13(15)16-10-6-2-1-3-7-10;14-13(11-7-3-1-4-8-11)12-9-5-2-6-10-12/h1-9,14H;1-10H. The second-order valence-electron chi connectivity index (χ2n) is 6.28. The van der Waals surface area contributed by atoms with Crippen LogP contribution in [0, 0.1) is 0 Å². The van der Waals surface area contributed by atoms with Crippen LogP contribution in [0.15, 0.2) is 115 Å². The highest BCUT2D eigenvalue weighted by Crippen LogP contribution is 2.18. The van der Waals surface area contributed by atoms with E-state index in [1.807, 2.05) is 66.7 Å². The normalized spacial score (nSPS) is 9.73. The molecule has 4 aromatic carbocycles. The van der Waals surface area contributed by atoms with E-state index in [0.29, 0.717) is 5.75 Å². The number of ether oxygens (including phenoxy) is 1. The number of ketones is 1. The molecule has 1 N–H and O–H groups in total. The van der Waals surface area contributed by atoms with Crippen LogP contribution in [0.3, 0.4) is 0 Å². The van der Waals surface area contributed by atoms with Crippen molar-refractivity contribution in [2.75, 3.05) is 0 Å². The average molecular weight is 396 g/mol. The summed E-state index contributed by atoms with van der Waals surface area (Å²) in [6.45, 7) is 0. The third-order valence-corrected chi connectivity index (χ3v) is 4.15. The van der Waals surface area contributed by atoms with E-state index in [1.54, 1.807) is 36.4 Å². The van der Waals surface area contributed by atoms with Crippen LogP contribution in [0.5, 0.6) is 11.5 Å². The highest BCUT2D eigenvalue weighted by atomic mass is 16.5. The Kier molecular flexibility index (Phi) is 7.12. The van der Waals surface area contributed by atoms with Gasteiger partial charge in [-0.2, -0.15) is 0 Å². The number of aromatic hydroxyl groups is 1. The highest BCUT2D eigenvalue weighted by molar-refractivity contribution is 6.08. The van der Waals surface area contributed by atoms with Gasteiger partial charge in [0.15, 0.2) is 5.78 Å². The molecule has 0 radical (unpaired) electrons. The van der Waals surface area contributed by atoms with E-state index in [-0.39, 0.29) is 17.1 Å². The number of rotatable bonds is 4. The molecule has 0 spiro atoms. The molecule has 0 heterocycles. The van der Waals surface area contributed by atoms with Gasteiger partial charge in [0.1, 0.15) is 17.1 Å². The van der Waals surface area contributed by atoms with Gasteiger partial charge in [-0.15, -0.1) is 0 Å². The molecule has 0 saturated heterocycles. The lowest BCUT2D eigenvalue weighted by molar-refractivity contribution is 0.0731. The van der Waals surface area contributed by atoms with Crippen molar-refractivity contribution in [3.8, 4) is 11.5 Å². The molecule has 0 atom stereocenters. The van der Waals surface area contributed by atoms with Gasteiger partial charge in [-0.3, -0.25) is 4.79 Å². The van der Waals surface area contributed by atoms with E-state index in [4.69, 9.17) is 4.74 Å². The maximum atomic E-state index is 11.8. The molecule has 0 bridgehead atoms. The van der Waals surface area contributed by atoms with Crippen LogP contribution >= 0.6 is 0 Å². The molecule has 4 heteroatoms. The van der Waals surface area contributed by atoms with Crippen LogP contribution < -0.4 is 4.74 Å². The lowest BCUT2D eigenvalue weighted by Crippen LogP contribution is -2.08. The average Bonchev–Trinajstić information content (AvgIpc) is 2.81. The first-order chi connectivity index (χ1) is 14.6. The molecule has 0 aromatic heterocycles. The topological polar surface area (TPSA) is 63.6 Å². The monoisotopic (exact) mass is 396 g/mol. The molecule has 0 aliphatic carbocycles. The van der Waals surface area contributed by atoms with Gasteiger partial charge < -0.3 is 9.84 Å². The summed E-state index contributed by atoms with van der Waals surface area (Å²) in [6, 6.07) is 33.6. The fourth-order valence-corrected chi connectivity index (χ4v) is 2.64. The predicted molar refractivity (Wildman–Crippen MR) is 116 cm³/mol. The summed E-state index contributed by atoms with van der Waals surface area (Å²) in [6.07, 6.45) is 0. The Labute approximate surface area is 175 Å². The maximum absolute atomic E-state index is 11.8. The van der Waals surface area contributed by atoms with Crippen molar-refractivity contribution in [1.29, 1.82) is 0 Å². The van der Waals surface area contributed by atoms with E-state index in [1.165, 1.54) is 12.1 Å². The first-order valence-electron chi connectivity index (χ1n) is 9.35. The summed E-state index contributed by atoms with van der Waals surface area (Å²) in [7, 11) is 0. The number of phenols is 1. The van der Waals surface area contributed by atoms with Crippen molar-refractivity contribution in [2.45, 2.75) is 0 Å². The van der Waals surface area contributed by atoms with Gasteiger partial charge >= 0.3 is 5.97 Å². The summed E-state index contributed by atoms with van der Waals surface area (Å²) in [5.41, 5.74) is 1.63. The SMILES string of the molecule is O=C(Oc1ccccc1)c1ccccc1O.O=C(c1ccccc1)c1ccccc1. The van der Waals surface area contributed by atoms with Crippen LogP contribution in [-0.4, -0.2) is 16.9 Å². The second kappa shape index (κ2) is 10.4. The lowest BCUT2D eigenvalue weighted by atomic mass is 10.0. The lowest BCUT2D eigenvalue weighted by Gasteiger charge is -2.04. The van der Waals surface area contributed by atoms with Gasteiger partial charge in [-0.1, -0.05) is 91.0 Å². The van der Waals surface area contributed by atoms with Crippen molar-refractivity contribution >= 4 is 11.8 Å². The summed E-state index contributed by atoms with van der Waals surface area (Å²) in [4.78, 5) is 23.5. The molecule has 0 unspecified atom stereocenters. The van der Waals surface area contributed by atoms with E-state index in [0.717, 1.165) is 11.1 Å². The number of phenolic OH excluding ortho intramolecular Hbond substituents is 1. The first-order valence-corrected chi connectivity index (χ1v) is 9.35. The van der Waals surface area contributed by atoms with E-state index in [2.05, 4.69) is 0 Å². The molecule has 0 aliphatic rings. The molecule has 0 fully saturated rings. The number of carbonyl (C=O) groups is 2. The van der Waals surface area contributed by atoms with Gasteiger partial charge in [0.25, 0.3) is 0 Å². The Morgan fingerprint density at radius 3 is 1.50 bits per heavy atom. The smallest absolute Gasteiger partial charge is 0.347 e. The van der Waals surface area contributed by atoms with Crippen molar-refractivity contribution in [1.82, 2.24) is 0 Å². The number of benzene rings is 4. The quantitative estimate of drug-likeness (QED) is 0.280. The molecule has 0 aliphatic heterocycles. The Balaban J connectivity index is 0.000000172. The van der Waals surface area contributed by atoms with E-state index < -0.39 is 5.97 Å². The zero-order valence-corrected chi connectivity index (χ0v) is 16.1. The molecule has 4 nitrogen and oxygen atoms in total. The third-order valence-electron chi connectivity index (χ3n) is 4.15. The number of hydrogen-bond acceptors (Lipinski definition) is 4. The molecule has 4 aromatic rings. The summed E-state index contributed by atoms with van der Waals surface area (Å²) >= 11 is 0. The minimum Gasteiger partial charge on any atom is -0.507 e. The van der Waals surface area contributed by atoms with Gasteiger partial charge in [0.2, 0.25) is 0 Å². The highest BCUT2D eigenvalue weighted by Gasteiger charge is 2.12. The number of esters is 1. The Bertz CT molecular complexity index is 1050. The molecule has 0 saturated carbocycles. The number of hydrogen-bond donors (Lipinski definition) is 1. The summed E-state index contributed by atoms with van der Waals surface area (Å²) in [5.74, 6) is -0.116. The maximum Gasteiger partial charge on any atom is 0.347 e. The summed E-state index contributed by atoms with van der Waals surface area (Å²) < 4.78 is 5.08. The Morgan fingerprint density at radius 1 is 0.567 bits per heavy atom. The van der Waals surface area contributed by atoms with E-state index in [9.17, 15) is 14.7 Å². The van der Waals surface area contributed by atoms with Gasteiger partial charge in [0, 0.05) is 11.1 Å². The zero-order valence-electron chi connectivity index (χ0n) is 16.1. The molecule has 30 heavy (non-hydrogen) atoms. The fraction of sp³-hybridized carbons (Fsp3) is 0. The van der Waals surface area contributed by atoms with Gasteiger partial charge in [0.05, 0.1) is 0 Å². The largest absolute Gasteiger partial charge is 0.507 e. The fourth-order valence-electron chi connectivity index (χ4n) is 2.64. The predicted octanol–water partition coefficient (Wildman–Crippen LogP) is 5.53.